The van der Waals surface area contributed by atoms with E-state index in [2.05, 4.69) is 16.7 Å². The van der Waals surface area contributed by atoms with Crippen LogP contribution in [-0.4, -0.2) is 18.4 Å². The third kappa shape index (κ3) is 3.63. The van der Waals surface area contributed by atoms with Gasteiger partial charge in [0.2, 0.25) is 5.91 Å². The summed E-state index contributed by atoms with van der Waals surface area (Å²) in [5, 5.41) is 7.69. The van der Waals surface area contributed by atoms with E-state index in [9.17, 15) is 9.59 Å². The summed E-state index contributed by atoms with van der Waals surface area (Å²) >= 11 is 0. The summed E-state index contributed by atoms with van der Waals surface area (Å²) in [7, 11) is 0. The molecule has 1 atom stereocenters. The largest absolute Gasteiger partial charge is 0.459 e. The Morgan fingerprint density at radius 2 is 1.83 bits per heavy atom. The van der Waals surface area contributed by atoms with E-state index >= 15 is 0 Å². The van der Waals surface area contributed by atoms with Crippen molar-refractivity contribution in [2.45, 2.75) is 13.0 Å². The number of amides is 2. The molecule has 122 valence electrons. The van der Waals surface area contributed by atoms with Crippen LogP contribution in [0.15, 0.2) is 65.3 Å². The molecule has 2 aromatic carbocycles. The summed E-state index contributed by atoms with van der Waals surface area (Å²) in [4.78, 5) is 23.7. The maximum absolute atomic E-state index is 12.0. The molecule has 3 rings (SSSR count). The van der Waals surface area contributed by atoms with Crippen LogP contribution in [0.5, 0.6) is 0 Å². The number of benzene rings is 2. The van der Waals surface area contributed by atoms with Gasteiger partial charge in [-0.25, -0.2) is 0 Å². The third-order valence-electron chi connectivity index (χ3n) is 3.81. The van der Waals surface area contributed by atoms with Gasteiger partial charge in [0.15, 0.2) is 5.76 Å². The minimum atomic E-state index is -0.409. The van der Waals surface area contributed by atoms with Gasteiger partial charge in [-0.3, -0.25) is 9.59 Å². The van der Waals surface area contributed by atoms with Crippen molar-refractivity contribution in [1.82, 2.24) is 10.6 Å². The van der Waals surface area contributed by atoms with Crippen molar-refractivity contribution < 1.29 is 14.0 Å². The van der Waals surface area contributed by atoms with Crippen molar-refractivity contribution >= 4 is 22.6 Å². The molecule has 3 aromatic rings. The number of carbonyl (C=O) groups is 2. The molecule has 5 nitrogen and oxygen atoms in total. The lowest BCUT2D eigenvalue weighted by Crippen LogP contribution is -2.37. The Morgan fingerprint density at radius 3 is 2.58 bits per heavy atom. The van der Waals surface area contributed by atoms with Gasteiger partial charge in [0, 0.05) is 0 Å². The van der Waals surface area contributed by atoms with Crippen molar-refractivity contribution in [2.24, 2.45) is 0 Å². The van der Waals surface area contributed by atoms with Crippen molar-refractivity contribution in [2.75, 3.05) is 6.54 Å². The Labute approximate surface area is 139 Å². The summed E-state index contributed by atoms with van der Waals surface area (Å²) < 4.78 is 4.98. The Morgan fingerprint density at radius 1 is 1.04 bits per heavy atom. The van der Waals surface area contributed by atoms with Crippen LogP contribution in [0.1, 0.15) is 29.1 Å². The predicted octanol–water partition coefficient (Wildman–Crippen LogP) is 3.04. The molecule has 0 aliphatic rings. The van der Waals surface area contributed by atoms with E-state index < -0.39 is 5.91 Å². The molecule has 0 fully saturated rings. The average Bonchev–Trinajstić information content (AvgIpc) is 3.14. The van der Waals surface area contributed by atoms with Crippen molar-refractivity contribution in [3.8, 4) is 0 Å². The predicted molar refractivity (Wildman–Crippen MR) is 91.5 cm³/mol. The first-order valence-electron chi connectivity index (χ1n) is 7.73. The lowest BCUT2D eigenvalue weighted by Gasteiger charge is -2.15. The normalized spacial score (nSPS) is 11.9. The highest BCUT2D eigenvalue weighted by atomic mass is 16.3. The number of rotatable bonds is 5. The molecule has 0 saturated heterocycles. The molecule has 2 amide bonds. The summed E-state index contributed by atoms with van der Waals surface area (Å²) in [6.07, 6.45) is 1.41. The van der Waals surface area contributed by atoms with Crippen molar-refractivity contribution in [1.29, 1.82) is 0 Å². The molecule has 1 aromatic heterocycles. The Balaban J connectivity index is 1.57. The van der Waals surface area contributed by atoms with Gasteiger partial charge in [0.05, 0.1) is 18.8 Å². The maximum atomic E-state index is 12.0. The number of carbonyl (C=O) groups excluding carboxylic acids is 2. The van der Waals surface area contributed by atoms with E-state index in [0.29, 0.717) is 0 Å². The van der Waals surface area contributed by atoms with E-state index in [-0.39, 0.29) is 24.3 Å². The summed E-state index contributed by atoms with van der Waals surface area (Å²) in [6, 6.07) is 17.2. The first kappa shape index (κ1) is 15.8. The molecule has 2 N–H and O–H groups in total. The van der Waals surface area contributed by atoms with Crippen molar-refractivity contribution in [3.63, 3.8) is 0 Å². The second-order valence-electron chi connectivity index (χ2n) is 5.56. The minimum absolute atomic E-state index is 0.0997. The van der Waals surface area contributed by atoms with Gasteiger partial charge < -0.3 is 15.1 Å². The van der Waals surface area contributed by atoms with Gasteiger partial charge in [0.25, 0.3) is 5.91 Å². The monoisotopic (exact) mass is 322 g/mol. The van der Waals surface area contributed by atoms with Crippen LogP contribution in [0.3, 0.4) is 0 Å². The zero-order valence-electron chi connectivity index (χ0n) is 13.3. The smallest absolute Gasteiger partial charge is 0.287 e. The summed E-state index contributed by atoms with van der Waals surface area (Å²) in [5.41, 5.74) is 1.01. The topological polar surface area (TPSA) is 71.3 Å². The first-order chi connectivity index (χ1) is 11.6. The first-order valence-corrected chi connectivity index (χ1v) is 7.73. The van der Waals surface area contributed by atoms with E-state index in [4.69, 9.17) is 4.42 Å². The second-order valence-corrected chi connectivity index (χ2v) is 5.56. The zero-order chi connectivity index (χ0) is 16.9. The maximum Gasteiger partial charge on any atom is 0.287 e. The van der Waals surface area contributed by atoms with Crippen LogP contribution in [0, 0.1) is 0 Å². The van der Waals surface area contributed by atoms with Gasteiger partial charge in [0.1, 0.15) is 0 Å². The lowest BCUT2D eigenvalue weighted by atomic mass is 10.0. The van der Waals surface area contributed by atoms with Crippen LogP contribution in [0.4, 0.5) is 0 Å². The number of hydrogen-bond acceptors (Lipinski definition) is 3. The zero-order valence-corrected chi connectivity index (χ0v) is 13.3. The molecule has 0 saturated carbocycles. The number of hydrogen-bond donors (Lipinski definition) is 2. The van der Waals surface area contributed by atoms with E-state index in [0.717, 1.165) is 16.3 Å². The van der Waals surface area contributed by atoms with Gasteiger partial charge in [-0.2, -0.15) is 0 Å². The highest BCUT2D eigenvalue weighted by Crippen LogP contribution is 2.20. The molecular weight excluding hydrogens is 304 g/mol. The standard InChI is InChI=1S/C19H18N2O3/c1-13(15-9-8-14-5-2-3-6-16(14)11-15)21-18(22)12-20-19(23)17-7-4-10-24-17/h2-11,13H,12H2,1H3,(H,20,23)(H,21,22)/t13-/m1/s1. The van der Waals surface area contributed by atoms with Crippen LogP contribution < -0.4 is 10.6 Å². The molecule has 0 radical (unpaired) electrons. The van der Waals surface area contributed by atoms with Gasteiger partial charge >= 0.3 is 0 Å². The van der Waals surface area contributed by atoms with E-state index in [1.807, 2.05) is 43.3 Å². The second kappa shape index (κ2) is 7.00. The fourth-order valence-electron chi connectivity index (χ4n) is 2.51. The van der Waals surface area contributed by atoms with Crippen LogP contribution in [0.2, 0.25) is 0 Å². The van der Waals surface area contributed by atoms with Gasteiger partial charge in [-0.15, -0.1) is 0 Å². The van der Waals surface area contributed by atoms with Crippen molar-refractivity contribution in [3.05, 3.63) is 72.2 Å². The minimum Gasteiger partial charge on any atom is -0.459 e. The quantitative estimate of drug-likeness (QED) is 0.758. The number of nitrogens with one attached hydrogen (secondary N) is 2. The molecule has 1 heterocycles. The molecule has 0 spiro atoms. The third-order valence-corrected chi connectivity index (χ3v) is 3.81. The van der Waals surface area contributed by atoms with Crippen LogP contribution >= 0.6 is 0 Å². The highest BCUT2D eigenvalue weighted by molar-refractivity contribution is 5.94. The molecule has 0 unspecified atom stereocenters. The summed E-state index contributed by atoms with van der Waals surface area (Å²) in [5.74, 6) is -0.477. The van der Waals surface area contributed by atoms with E-state index in [1.165, 1.54) is 6.26 Å². The lowest BCUT2D eigenvalue weighted by molar-refractivity contribution is -0.120. The molecule has 0 bridgehead atoms. The number of furan rings is 1. The summed E-state index contributed by atoms with van der Waals surface area (Å²) in [6.45, 7) is 1.81. The SMILES string of the molecule is C[C@@H](NC(=O)CNC(=O)c1ccco1)c1ccc2ccccc2c1. The van der Waals surface area contributed by atoms with Crippen LogP contribution in [-0.2, 0) is 4.79 Å². The van der Waals surface area contributed by atoms with E-state index in [1.54, 1.807) is 12.1 Å². The number of fused-ring (bicyclic) bond motifs is 1. The average molecular weight is 322 g/mol. The molecule has 0 aliphatic carbocycles. The van der Waals surface area contributed by atoms with Gasteiger partial charge in [-0.05, 0) is 41.5 Å². The molecule has 0 aliphatic heterocycles. The molecule has 5 heteroatoms. The Bertz CT molecular complexity index is 856. The molecular formula is C19H18N2O3. The Kier molecular flexibility index (Phi) is 4.61. The highest BCUT2D eigenvalue weighted by Gasteiger charge is 2.13. The fraction of sp³-hybridized carbons (Fsp3) is 0.158. The van der Waals surface area contributed by atoms with Gasteiger partial charge in [-0.1, -0.05) is 36.4 Å². The molecule has 24 heavy (non-hydrogen) atoms. The Hall–Kier alpha value is -3.08. The van der Waals surface area contributed by atoms with Crippen LogP contribution in [0.25, 0.3) is 10.8 Å². The fourth-order valence-corrected chi connectivity index (χ4v) is 2.51.